The number of aryl methyl sites for hydroxylation is 2. The molecular formula is C7H10N2OS. The van der Waals surface area contributed by atoms with Crippen molar-refractivity contribution >= 4 is 12.8 Å². The van der Waals surface area contributed by atoms with Gasteiger partial charge < -0.3 is 0 Å². The molecule has 0 aliphatic heterocycles. The molecule has 0 bridgehead atoms. The summed E-state index contributed by atoms with van der Waals surface area (Å²) >= 11 is 3.97. The number of rotatable bonds is 0. The molecule has 4 heteroatoms. The lowest BCUT2D eigenvalue weighted by molar-refractivity contribution is 0.918. The molecule has 0 spiro atoms. The van der Waals surface area contributed by atoms with Gasteiger partial charge in [0.25, 0.3) is 5.56 Å². The van der Waals surface area contributed by atoms with Crippen LogP contribution in [-0.4, -0.2) is 8.96 Å². The van der Waals surface area contributed by atoms with Crippen molar-refractivity contribution in [2.75, 3.05) is 0 Å². The molecule has 1 rings (SSSR count). The Bertz CT molecular complexity index is 314. The van der Waals surface area contributed by atoms with Gasteiger partial charge in [0.2, 0.25) is 0 Å². The second-order valence-electron chi connectivity index (χ2n) is 2.49. The second kappa shape index (κ2) is 2.70. The maximum Gasteiger partial charge on any atom is 0.266 e. The van der Waals surface area contributed by atoms with Crippen molar-refractivity contribution in [1.29, 1.82) is 0 Å². The molecule has 1 heterocycles. The van der Waals surface area contributed by atoms with Crippen LogP contribution in [0.5, 0.6) is 0 Å². The monoisotopic (exact) mass is 170 g/mol. The van der Waals surface area contributed by atoms with Crippen LogP contribution in [-0.2, 0) is 0 Å². The van der Waals surface area contributed by atoms with E-state index < -0.39 is 0 Å². The van der Waals surface area contributed by atoms with Crippen LogP contribution in [0.3, 0.4) is 0 Å². The predicted molar refractivity (Wildman–Crippen MR) is 47.1 cm³/mol. The van der Waals surface area contributed by atoms with Gasteiger partial charge in [-0.2, -0.15) is 0 Å². The van der Waals surface area contributed by atoms with Gasteiger partial charge in [-0.05, 0) is 20.8 Å². The Hall–Kier alpha value is -0.770. The van der Waals surface area contributed by atoms with Gasteiger partial charge in [0.05, 0.1) is 0 Å². The van der Waals surface area contributed by atoms with Gasteiger partial charge in [-0.3, -0.25) is 4.79 Å². The van der Waals surface area contributed by atoms with Gasteiger partial charge in [-0.25, -0.2) is 8.96 Å². The predicted octanol–water partition coefficient (Wildman–Crippen LogP) is 0.861. The molecule has 0 atom stereocenters. The van der Waals surface area contributed by atoms with Crippen LogP contribution in [0.1, 0.15) is 17.1 Å². The maximum absolute atomic E-state index is 11.3. The van der Waals surface area contributed by atoms with Gasteiger partial charge in [0.15, 0.2) is 0 Å². The Morgan fingerprint density at radius 2 is 1.91 bits per heavy atom. The van der Waals surface area contributed by atoms with E-state index in [1.165, 1.54) is 3.97 Å². The summed E-state index contributed by atoms with van der Waals surface area (Å²) in [5, 5.41) is 0. The zero-order valence-electron chi connectivity index (χ0n) is 6.75. The Morgan fingerprint density at radius 1 is 1.36 bits per heavy atom. The molecule has 11 heavy (non-hydrogen) atoms. The van der Waals surface area contributed by atoms with E-state index in [0.29, 0.717) is 11.4 Å². The SMILES string of the molecule is Cc1nc(C)n(S)c(=O)c1C. The van der Waals surface area contributed by atoms with E-state index in [-0.39, 0.29) is 5.56 Å². The van der Waals surface area contributed by atoms with Gasteiger partial charge in [0.1, 0.15) is 5.82 Å². The van der Waals surface area contributed by atoms with Crippen LogP contribution in [0, 0.1) is 20.8 Å². The summed E-state index contributed by atoms with van der Waals surface area (Å²) in [7, 11) is 0. The zero-order valence-corrected chi connectivity index (χ0v) is 7.64. The molecule has 1 aromatic rings. The molecule has 1 aromatic heterocycles. The van der Waals surface area contributed by atoms with E-state index in [1.54, 1.807) is 13.8 Å². The van der Waals surface area contributed by atoms with Crippen LogP contribution in [0.4, 0.5) is 0 Å². The molecule has 0 aliphatic rings. The van der Waals surface area contributed by atoms with E-state index in [1.807, 2.05) is 6.92 Å². The minimum atomic E-state index is -0.0849. The quantitative estimate of drug-likeness (QED) is 0.586. The van der Waals surface area contributed by atoms with Crippen molar-refractivity contribution < 1.29 is 0 Å². The minimum absolute atomic E-state index is 0.0849. The summed E-state index contributed by atoms with van der Waals surface area (Å²) in [4.78, 5) is 15.4. The number of hydrogen-bond donors (Lipinski definition) is 1. The largest absolute Gasteiger partial charge is 0.268 e. The first-order valence-corrected chi connectivity index (χ1v) is 3.70. The Morgan fingerprint density at radius 3 is 2.45 bits per heavy atom. The van der Waals surface area contributed by atoms with E-state index in [2.05, 4.69) is 17.8 Å². The fourth-order valence-electron chi connectivity index (χ4n) is 0.834. The third-order valence-corrected chi connectivity index (χ3v) is 2.16. The molecule has 3 nitrogen and oxygen atoms in total. The molecule has 0 saturated carbocycles. The summed E-state index contributed by atoms with van der Waals surface area (Å²) in [6.07, 6.45) is 0. The average molecular weight is 170 g/mol. The third-order valence-electron chi connectivity index (χ3n) is 1.69. The second-order valence-corrected chi connectivity index (χ2v) is 2.89. The maximum atomic E-state index is 11.3. The summed E-state index contributed by atoms with van der Waals surface area (Å²) in [6, 6.07) is 0. The van der Waals surface area contributed by atoms with Crippen LogP contribution >= 0.6 is 12.8 Å². The highest BCUT2D eigenvalue weighted by atomic mass is 32.1. The number of thiol groups is 1. The molecule has 0 aromatic carbocycles. The van der Waals surface area contributed by atoms with Gasteiger partial charge >= 0.3 is 0 Å². The molecule has 60 valence electrons. The van der Waals surface area contributed by atoms with E-state index in [0.717, 1.165) is 5.69 Å². The van der Waals surface area contributed by atoms with Crippen molar-refractivity contribution in [3.8, 4) is 0 Å². The summed E-state index contributed by atoms with van der Waals surface area (Å²) in [5.74, 6) is 0.626. The Balaban J connectivity index is 3.59. The smallest absolute Gasteiger partial charge is 0.266 e. The lowest BCUT2D eigenvalue weighted by atomic mass is 10.3. The topological polar surface area (TPSA) is 34.9 Å². The van der Waals surface area contributed by atoms with Crippen molar-refractivity contribution in [2.24, 2.45) is 0 Å². The highest BCUT2D eigenvalue weighted by Gasteiger charge is 2.03. The van der Waals surface area contributed by atoms with Crippen molar-refractivity contribution in [1.82, 2.24) is 8.96 Å². The van der Waals surface area contributed by atoms with E-state index >= 15 is 0 Å². The van der Waals surface area contributed by atoms with E-state index in [4.69, 9.17) is 0 Å². The summed E-state index contributed by atoms with van der Waals surface area (Å²) in [5.41, 5.74) is 1.35. The highest BCUT2D eigenvalue weighted by molar-refractivity contribution is 7.78. The standard InChI is InChI=1S/C7H10N2OS/c1-4-5(2)8-6(3)9(11)7(4)10/h11H,1-3H3. The summed E-state index contributed by atoms with van der Waals surface area (Å²) in [6.45, 7) is 5.31. The fourth-order valence-corrected chi connectivity index (χ4v) is 1.03. The van der Waals surface area contributed by atoms with Crippen LogP contribution in [0.25, 0.3) is 0 Å². The van der Waals surface area contributed by atoms with Gasteiger partial charge in [-0.1, -0.05) is 12.8 Å². The van der Waals surface area contributed by atoms with Gasteiger partial charge in [-0.15, -0.1) is 0 Å². The number of hydrogen-bond acceptors (Lipinski definition) is 3. The van der Waals surface area contributed by atoms with Crippen molar-refractivity contribution in [3.05, 3.63) is 27.4 Å². The molecule has 0 radical (unpaired) electrons. The Labute approximate surface area is 70.6 Å². The average Bonchev–Trinajstić information content (AvgIpc) is 1.97. The van der Waals surface area contributed by atoms with Gasteiger partial charge in [0, 0.05) is 11.3 Å². The number of nitrogens with zero attached hydrogens (tertiary/aromatic N) is 2. The summed E-state index contributed by atoms with van der Waals surface area (Å²) < 4.78 is 1.25. The van der Waals surface area contributed by atoms with Crippen LogP contribution < -0.4 is 5.56 Å². The first-order valence-electron chi connectivity index (χ1n) is 3.30. The lowest BCUT2D eigenvalue weighted by Gasteiger charge is -2.03. The first kappa shape index (κ1) is 8.33. The molecule has 0 amide bonds. The minimum Gasteiger partial charge on any atom is -0.268 e. The fraction of sp³-hybridized carbons (Fsp3) is 0.429. The lowest BCUT2D eigenvalue weighted by Crippen LogP contribution is -2.20. The highest BCUT2D eigenvalue weighted by Crippen LogP contribution is 1.99. The van der Waals surface area contributed by atoms with Crippen molar-refractivity contribution in [2.45, 2.75) is 20.8 Å². The zero-order chi connectivity index (χ0) is 8.59. The normalized spacial score (nSPS) is 10.2. The molecule has 0 aliphatic carbocycles. The third kappa shape index (κ3) is 1.30. The van der Waals surface area contributed by atoms with Crippen molar-refractivity contribution in [3.63, 3.8) is 0 Å². The first-order chi connectivity index (χ1) is 5.04. The van der Waals surface area contributed by atoms with E-state index in [9.17, 15) is 4.79 Å². The van der Waals surface area contributed by atoms with Crippen LogP contribution in [0.15, 0.2) is 4.79 Å². The molecule has 0 saturated heterocycles. The molecule has 0 fully saturated rings. The van der Waals surface area contributed by atoms with Crippen LogP contribution in [0.2, 0.25) is 0 Å². The molecular weight excluding hydrogens is 160 g/mol. The Kier molecular flexibility index (Phi) is 2.04. The number of aromatic nitrogens is 2. The molecule has 0 N–H and O–H groups in total. The molecule has 0 unspecified atom stereocenters.